The molecule has 4 rings (SSSR count). The van der Waals surface area contributed by atoms with Gasteiger partial charge in [0.05, 0.1) is 16.8 Å². The van der Waals surface area contributed by atoms with Crippen LogP contribution in [0.25, 0.3) is 22.5 Å². The third-order valence-electron chi connectivity index (χ3n) is 5.83. The summed E-state index contributed by atoms with van der Waals surface area (Å²) in [6.07, 6.45) is -7.70. The zero-order chi connectivity index (χ0) is 29.3. The SMILES string of the molecule is CC(=O)c1cc(-c2c(C)cc(C(F)(F)F)cc2O)nc2nc(N[C@@H]3CCCN(C)C3)oc12.O=C(O)C(F)(F)F. The molecule has 3 heterocycles. The van der Waals surface area contributed by atoms with Gasteiger partial charge in [-0.05, 0) is 64.0 Å². The van der Waals surface area contributed by atoms with Gasteiger partial charge in [-0.15, -0.1) is 0 Å². The molecule has 0 radical (unpaired) electrons. The van der Waals surface area contributed by atoms with Gasteiger partial charge in [-0.2, -0.15) is 31.3 Å². The van der Waals surface area contributed by atoms with E-state index in [9.17, 15) is 36.2 Å². The molecular weight excluding hydrogens is 538 g/mol. The zero-order valence-electron chi connectivity index (χ0n) is 20.9. The first-order valence-electron chi connectivity index (χ1n) is 11.5. The minimum Gasteiger partial charge on any atom is -0.507 e. The Hall–Kier alpha value is -3.88. The number of fused-ring (bicyclic) bond motifs is 1. The van der Waals surface area contributed by atoms with Gasteiger partial charge in [-0.1, -0.05) is 0 Å². The predicted octanol–water partition coefficient (Wildman–Crippen LogP) is 5.26. The number of nitrogens with zero attached hydrogens (tertiary/aromatic N) is 3. The molecule has 1 saturated heterocycles. The van der Waals surface area contributed by atoms with Crippen LogP contribution >= 0.6 is 0 Å². The third-order valence-corrected chi connectivity index (χ3v) is 5.83. The normalized spacial score (nSPS) is 16.5. The van der Waals surface area contributed by atoms with Crippen molar-refractivity contribution in [3.05, 3.63) is 34.9 Å². The molecule has 1 aliphatic rings. The Bertz CT molecular complexity index is 1360. The average molecular weight is 562 g/mol. The number of carboxylic acids is 1. The molecule has 3 N–H and O–H groups in total. The number of alkyl halides is 6. The number of carbonyl (C=O) groups excluding carboxylic acids is 1. The molecule has 1 atom stereocenters. The summed E-state index contributed by atoms with van der Waals surface area (Å²) in [5, 5.41) is 20.7. The summed E-state index contributed by atoms with van der Waals surface area (Å²) in [4.78, 5) is 32.1. The minimum absolute atomic E-state index is 0.105. The number of aryl methyl sites for hydroxylation is 1. The van der Waals surface area contributed by atoms with E-state index in [0.717, 1.165) is 32.0 Å². The molecule has 0 spiro atoms. The van der Waals surface area contributed by atoms with E-state index in [2.05, 4.69) is 20.2 Å². The maximum absolute atomic E-state index is 13.1. The van der Waals surface area contributed by atoms with Crippen LogP contribution in [0.4, 0.5) is 32.4 Å². The number of Topliss-reactive ketones (excluding diaryl/α,β-unsaturated/α-hetero) is 1. The number of hydrogen-bond donors (Lipinski definition) is 3. The molecule has 0 aliphatic carbocycles. The Morgan fingerprint density at radius 1 is 1.13 bits per heavy atom. The average Bonchev–Trinajstić information content (AvgIpc) is 3.19. The number of aromatic nitrogens is 2. The van der Waals surface area contributed by atoms with Crippen LogP contribution in [-0.2, 0) is 11.0 Å². The van der Waals surface area contributed by atoms with E-state index in [4.69, 9.17) is 14.3 Å². The van der Waals surface area contributed by atoms with Crippen LogP contribution in [0, 0.1) is 6.92 Å². The highest BCUT2D eigenvalue weighted by atomic mass is 19.4. The van der Waals surface area contributed by atoms with Gasteiger partial charge in [0, 0.05) is 18.2 Å². The topological polar surface area (TPSA) is 129 Å². The molecule has 1 fully saturated rings. The summed E-state index contributed by atoms with van der Waals surface area (Å²) in [7, 11) is 2.03. The number of hydrogen-bond acceptors (Lipinski definition) is 8. The van der Waals surface area contributed by atoms with E-state index < -0.39 is 29.6 Å². The third kappa shape index (κ3) is 7.16. The summed E-state index contributed by atoms with van der Waals surface area (Å²) >= 11 is 0. The lowest BCUT2D eigenvalue weighted by atomic mass is 9.98. The fraction of sp³-hybridized carbons (Fsp3) is 0.417. The van der Waals surface area contributed by atoms with Crippen molar-refractivity contribution in [2.75, 3.05) is 25.5 Å². The maximum atomic E-state index is 13.1. The van der Waals surface area contributed by atoms with Gasteiger partial charge in [0.15, 0.2) is 11.4 Å². The van der Waals surface area contributed by atoms with Crippen molar-refractivity contribution in [3.8, 4) is 17.0 Å². The quantitative estimate of drug-likeness (QED) is 0.288. The second kappa shape index (κ2) is 11.1. The highest BCUT2D eigenvalue weighted by Crippen LogP contribution is 2.39. The van der Waals surface area contributed by atoms with Crippen molar-refractivity contribution < 1.29 is 50.6 Å². The number of pyridine rings is 1. The smallest absolute Gasteiger partial charge is 0.490 e. The number of likely N-dealkylation sites (N-methyl/N-ethyl adjacent to an activating group) is 1. The van der Waals surface area contributed by atoms with Gasteiger partial charge in [0.2, 0.25) is 5.65 Å². The Balaban J connectivity index is 0.000000532. The van der Waals surface area contributed by atoms with Crippen LogP contribution in [0.1, 0.15) is 41.3 Å². The first-order valence-corrected chi connectivity index (χ1v) is 11.5. The number of phenolic OH excluding ortho intramolecular Hbond substituents is 1. The van der Waals surface area contributed by atoms with Crippen molar-refractivity contribution in [3.63, 3.8) is 0 Å². The van der Waals surface area contributed by atoms with E-state index in [-0.39, 0.29) is 51.5 Å². The van der Waals surface area contributed by atoms with Crippen LogP contribution in [0.2, 0.25) is 0 Å². The summed E-state index contributed by atoms with van der Waals surface area (Å²) in [5.41, 5.74) is -0.0298. The second-order valence-corrected chi connectivity index (χ2v) is 9.02. The molecule has 39 heavy (non-hydrogen) atoms. The number of phenols is 1. The number of aliphatic carboxylic acids is 1. The van der Waals surface area contributed by atoms with Crippen molar-refractivity contribution in [2.24, 2.45) is 0 Å². The molecule has 15 heteroatoms. The molecule has 212 valence electrons. The molecule has 0 unspecified atom stereocenters. The fourth-order valence-electron chi connectivity index (χ4n) is 4.09. The molecule has 3 aromatic rings. The molecule has 0 amide bonds. The Kier molecular flexibility index (Phi) is 8.43. The standard InChI is InChI=1S/C22H23F3N4O3.C2HF3O2/c1-11-7-13(22(23,24)25)8-17(31)18(11)16-9-15(12(2)30)19-20(27-16)28-21(32-19)26-14-5-4-6-29(3)10-14;3-2(4,5)1(6)7/h7-9,14,31H,4-6,10H2,1-3H3,(H,26,27,28);(H,6,7)/t14-;/m1./s1. The number of likely N-dealkylation sites (tertiary alicyclic amines) is 1. The molecule has 2 aromatic heterocycles. The van der Waals surface area contributed by atoms with Gasteiger partial charge in [0.25, 0.3) is 6.01 Å². The number of rotatable bonds is 4. The monoisotopic (exact) mass is 562 g/mol. The van der Waals surface area contributed by atoms with Gasteiger partial charge >= 0.3 is 18.3 Å². The van der Waals surface area contributed by atoms with E-state index in [0.29, 0.717) is 6.07 Å². The van der Waals surface area contributed by atoms with Crippen molar-refractivity contribution in [1.29, 1.82) is 0 Å². The van der Waals surface area contributed by atoms with Crippen LogP contribution < -0.4 is 5.32 Å². The summed E-state index contributed by atoms with van der Waals surface area (Å²) < 4.78 is 76.7. The number of halogens is 6. The van der Waals surface area contributed by atoms with Crippen molar-refractivity contribution in [1.82, 2.24) is 14.9 Å². The number of carboxylic acid groups (broad SMARTS) is 1. The highest BCUT2D eigenvalue weighted by Gasteiger charge is 2.38. The predicted molar refractivity (Wildman–Crippen MR) is 126 cm³/mol. The first kappa shape index (κ1) is 29.7. The fourth-order valence-corrected chi connectivity index (χ4v) is 4.09. The van der Waals surface area contributed by atoms with Gasteiger partial charge < -0.3 is 24.8 Å². The van der Waals surface area contributed by atoms with E-state index in [1.54, 1.807) is 0 Å². The van der Waals surface area contributed by atoms with Crippen molar-refractivity contribution >= 4 is 29.0 Å². The zero-order valence-corrected chi connectivity index (χ0v) is 20.9. The van der Waals surface area contributed by atoms with E-state index >= 15 is 0 Å². The molecule has 9 nitrogen and oxygen atoms in total. The molecule has 0 saturated carbocycles. The Morgan fingerprint density at radius 3 is 2.28 bits per heavy atom. The van der Waals surface area contributed by atoms with Crippen molar-refractivity contribution in [2.45, 2.75) is 45.1 Å². The Labute approximate surface area is 217 Å². The van der Waals surface area contributed by atoms with Crippen LogP contribution in [0.15, 0.2) is 22.6 Å². The van der Waals surface area contributed by atoms with E-state index in [1.807, 2.05) is 7.05 Å². The molecule has 0 bridgehead atoms. The number of oxazole rings is 1. The lowest BCUT2D eigenvalue weighted by Gasteiger charge is -2.29. The molecule has 1 aromatic carbocycles. The number of piperidine rings is 1. The maximum Gasteiger partial charge on any atom is 0.490 e. The Morgan fingerprint density at radius 2 is 1.77 bits per heavy atom. The highest BCUT2D eigenvalue weighted by molar-refractivity contribution is 6.05. The number of benzene rings is 1. The van der Waals surface area contributed by atoms with Gasteiger partial charge in [-0.25, -0.2) is 9.78 Å². The molecule has 1 aliphatic heterocycles. The second-order valence-electron chi connectivity index (χ2n) is 9.02. The first-order chi connectivity index (χ1) is 18.0. The van der Waals surface area contributed by atoms with E-state index in [1.165, 1.54) is 19.9 Å². The number of carbonyl (C=O) groups is 2. The largest absolute Gasteiger partial charge is 0.507 e. The van der Waals surface area contributed by atoms with Crippen LogP contribution in [0.3, 0.4) is 0 Å². The van der Waals surface area contributed by atoms with Crippen LogP contribution in [0.5, 0.6) is 5.75 Å². The van der Waals surface area contributed by atoms with Gasteiger partial charge in [0.1, 0.15) is 5.75 Å². The minimum atomic E-state index is -5.08. The number of aromatic hydroxyl groups is 1. The number of ketones is 1. The summed E-state index contributed by atoms with van der Waals surface area (Å²) in [6.45, 7) is 4.62. The number of nitrogens with one attached hydrogen (secondary N) is 1. The van der Waals surface area contributed by atoms with Gasteiger partial charge in [-0.3, -0.25) is 4.79 Å². The number of anilines is 1. The summed E-state index contributed by atoms with van der Waals surface area (Å²) in [6, 6.07) is 3.34. The lowest BCUT2D eigenvalue weighted by Crippen LogP contribution is -2.39. The van der Waals surface area contributed by atoms with Crippen LogP contribution in [-0.4, -0.2) is 69.2 Å². The summed E-state index contributed by atoms with van der Waals surface area (Å²) in [5.74, 6) is -3.65. The lowest BCUT2D eigenvalue weighted by molar-refractivity contribution is -0.192. The molecular formula is C24H24F6N4O5.